The highest BCUT2D eigenvalue weighted by atomic mass is 32.2. The van der Waals surface area contributed by atoms with Crippen molar-refractivity contribution in [2.45, 2.75) is 51.5 Å². The molecule has 0 bridgehead atoms. The van der Waals surface area contributed by atoms with Crippen LogP contribution in [0.25, 0.3) is 10.2 Å². The summed E-state index contributed by atoms with van der Waals surface area (Å²) in [6.45, 7) is 3.68. The Morgan fingerprint density at radius 2 is 1.97 bits per heavy atom. The van der Waals surface area contributed by atoms with Crippen LogP contribution in [0.15, 0.2) is 6.07 Å². The molecule has 1 atom stereocenters. The molecule has 15 heteroatoms. The van der Waals surface area contributed by atoms with Crippen LogP contribution < -0.4 is 14.5 Å². The van der Waals surface area contributed by atoms with Gasteiger partial charge in [0.05, 0.1) is 18.2 Å². The molecular formula is C20H25F3N8O2S2. The van der Waals surface area contributed by atoms with Gasteiger partial charge in [0.15, 0.2) is 5.82 Å². The molecule has 10 nitrogen and oxygen atoms in total. The first-order valence-electron chi connectivity index (χ1n) is 11.3. The standard InChI is InChI=1S/C20H25F3N8O2S2/c1-3-4-13-9-14-16(29-7-8-31-15(11-29)26-27-18(31)20(21,22)23)24-19(25-17(14)34-13)30-6-5-12(10-30)28-35(2,32)33/h9,12,28H,3-8,10-11H2,1-2H3/t12-/m0/s1. The van der Waals surface area contributed by atoms with Gasteiger partial charge in [-0.1, -0.05) is 13.3 Å². The van der Waals surface area contributed by atoms with Crippen molar-refractivity contribution in [1.82, 2.24) is 29.5 Å². The maximum Gasteiger partial charge on any atom is 0.451 e. The Balaban J connectivity index is 1.49. The molecule has 0 unspecified atom stereocenters. The minimum atomic E-state index is -4.56. The number of fused-ring (bicyclic) bond motifs is 2. The van der Waals surface area contributed by atoms with E-state index in [1.54, 1.807) is 11.3 Å². The first-order valence-corrected chi connectivity index (χ1v) is 14.0. The number of thiophene rings is 1. The molecule has 1 fully saturated rings. The van der Waals surface area contributed by atoms with Crippen LogP contribution in [-0.2, 0) is 35.7 Å². The lowest BCUT2D eigenvalue weighted by Gasteiger charge is -2.30. The van der Waals surface area contributed by atoms with Crippen LogP contribution in [0.1, 0.15) is 36.3 Å². The third-order valence-electron chi connectivity index (χ3n) is 6.07. The summed E-state index contributed by atoms with van der Waals surface area (Å²) >= 11 is 1.58. The van der Waals surface area contributed by atoms with Gasteiger partial charge in [0.1, 0.15) is 10.6 Å². The molecule has 3 aromatic heterocycles. The van der Waals surface area contributed by atoms with E-state index >= 15 is 0 Å². The summed E-state index contributed by atoms with van der Waals surface area (Å²) in [5.74, 6) is 0.381. The monoisotopic (exact) mass is 530 g/mol. The zero-order chi connectivity index (χ0) is 25.0. The maximum absolute atomic E-state index is 13.3. The first kappa shape index (κ1) is 24.2. The van der Waals surface area contributed by atoms with Gasteiger partial charge in [-0.05, 0) is 18.9 Å². The molecular weight excluding hydrogens is 505 g/mol. The predicted octanol–water partition coefficient (Wildman–Crippen LogP) is 2.40. The summed E-state index contributed by atoms with van der Waals surface area (Å²) < 4.78 is 66.9. The number of sulfonamides is 1. The number of anilines is 2. The summed E-state index contributed by atoms with van der Waals surface area (Å²) in [6, 6.07) is 1.82. The van der Waals surface area contributed by atoms with Crippen LogP contribution in [0.5, 0.6) is 0 Å². The summed E-state index contributed by atoms with van der Waals surface area (Å²) in [6.07, 6.45) is -0.931. The van der Waals surface area contributed by atoms with Crippen LogP contribution in [0.2, 0.25) is 0 Å². The van der Waals surface area contributed by atoms with Crippen molar-refractivity contribution in [3.8, 4) is 0 Å². The first-order chi connectivity index (χ1) is 16.5. The van der Waals surface area contributed by atoms with E-state index in [-0.39, 0.29) is 25.0 Å². The van der Waals surface area contributed by atoms with Crippen LogP contribution in [0.4, 0.5) is 24.9 Å². The second-order valence-electron chi connectivity index (χ2n) is 8.86. The van der Waals surface area contributed by atoms with Gasteiger partial charge in [0.2, 0.25) is 21.8 Å². The predicted molar refractivity (Wildman–Crippen MR) is 126 cm³/mol. The second-order valence-corrected chi connectivity index (χ2v) is 11.8. The molecule has 2 aliphatic rings. The fourth-order valence-corrected chi connectivity index (χ4v) is 6.50. The molecule has 0 amide bonds. The van der Waals surface area contributed by atoms with E-state index in [9.17, 15) is 21.6 Å². The van der Waals surface area contributed by atoms with Gasteiger partial charge < -0.3 is 14.4 Å². The van der Waals surface area contributed by atoms with Gasteiger partial charge >= 0.3 is 6.18 Å². The lowest BCUT2D eigenvalue weighted by atomic mass is 10.2. The van der Waals surface area contributed by atoms with Crippen molar-refractivity contribution in [1.29, 1.82) is 0 Å². The Morgan fingerprint density at radius 1 is 1.17 bits per heavy atom. The number of aryl methyl sites for hydroxylation is 1. The molecule has 3 aromatic rings. The molecule has 1 N–H and O–H groups in total. The Bertz CT molecular complexity index is 1350. The normalized spacial score (nSPS) is 19.1. The van der Waals surface area contributed by atoms with Crippen molar-refractivity contribution < 1.29 is 21.6 Å². The summed E-state index contributed by atoms with van der Waals surface area (Å²) in [5, 5.41) is 8.02. The molecule has 2 aliphatic heterocycles. The minimum Gasteiger partial charge on any atom is -0.347 e. The van der Waals surface area contributed by atoms with E-state index in [0.717, 1.165) is 38.8 Å². The third-order valence-corrected chi connectivity index (χ3v) is 7.92. The lowest BCUT2D eigenvalue weighted by Crippen LogP contribution is -2.37. The third kappa shape index (κ3) is 4.93. The number of aromatic nitrogens is 5. The molecule has 190 valence electrons. The number of hydrogen-bond donors (Lipinski definition) is 1. The maximum atomic E-state index is 13.3. The average molecular weight is 531 g/mol. The van der Waals surface area contributed by atoms with Gasteiger partial charge in [0.25, 0.3) is 0 Å². The molecule has 5 rings (SSSR count). The fraction of sp³-hybridized carbons (Fsp3) is 0.600. The molecule has 0 spiro atoms. The Kier molecular flexibility index (Phi) is 6.12. The Morgan fingerprint density at radius 3 is 2.69 bits per heavy atom. The molecule has 0 aromatic carbocycles. The minimum absolute atomic E-state index is 0.0913. The fourth-order valence-electron chi connectivity index (χ4n) is 4.59. The smallest absolute Gasteiger partial charge is 0.347 e. The second kappa shape index (κ2) is 8.85. The van der Waals surface area contributed by atoms with Gasteiger partial charge in [-0.3, -0.25) is 0 Å². The SMILES string of the molecule is CCCc1cc2c(N3CCn4c(nnc4C(F)(F)F)C3)nc(N3CC[C@H](NS(C)(=O)=O)C3)nc2s1. The van der Waals surface area contributed by atoms with Crippen molar-refractivity contribution >= 4 is 43.3 Å². The van der Waals surface area contributed by atoms with E-state index in [1.165, 1.54) is 0 Å². The van der Waals surface area contributed by atoms with E-state index < -0.39 is 22.0 Å². The Labute approximate surface area is 204 Å². The van der Waals surface area contributed by atoms with Crippen molar-refractivity contribution in [3.05, 3.63) is 22.6 Å². The number of halogens is 3. The van der Waals surface area contributed by atoms with Crippen LogP contribution in [-0.4, -0.2) is 65.1 Å². The van der Waals surface area contributed by atoms with Gasteiger partial charge in [-0.15, -0.1) is 21.5 Å². The van der Waals surface area contributed by atoms with Gasteiger partial charge in [-0.2, -0.15) is 18.2 Å². The molecule has 5 heterocycles. The number of nitrogens with zero attached hydrogens (tertiary/aromatic N) is 7. The number of alkyl halides is 3. The van der Waals surface area contributed by atoms with E-state index in [1.807, 2.05) is 9.80 Å². The highest BCUT2D eigenvalue weighted by Gasteiger charge is 2.40. The van der Waals surface area contributed by atoms with Crippen molar-refractivity contribution in [2.24, 2.45) is 0 Å². The number of rotatable bonds is 6. The highest BCUT2D eigenvalue weighted by molar-refractivity contribution is 7.88. The summed E-state index contributed by atoms with van der Waals surface area (Å²) in [4.78, 5) is 15.4. The highest BCUT2D eigenvalue weighted by Crippen LogP contribution is 2.36. The number of hydrogen-bond acceptors (Lipinski definition) is 9. The zero-order valence-electron chi connectivity index (χ0n) is 19.2. The molecule has 35 heavy (non-hydrogen) atoms. The largest absolute Gasteiger partial charge is 0.451 e. The van der Waals surface area contributed by atoms with E-state index in [2.05, 4.69) is 27.9 Å². The number of nitrogens with one attached hydrogen (secondary N) is 1. The molecule has 0 radical (unpaired) electrons. The molecule has 1 saturated heterocycles. The average Bonchev–Trinajstić information content (AvgIpc) is 3.48. The van der Waals surface area contributed by atoms with E-state index in [4.69, 9.17) is 9.97 Å². The van der Waals surface area contributed by atoms with Gasteiger partial charge in [-0.25, -0.2) is 18.1 Å². The Hall–Kier alpha value is -2.52. The lowest BCUT2D eigenvalue weighted by molar-refractivity contribution is -0.147. The van der Waals surface area contributed by atoms with Crippen molar-refractivity contribution in [2.75, 3.05) is 35.7 Å². The molecule has 0 aliphatic carbocycles. The van der Waals surface area contributed by atoms with Crippen LogP contribution >= 0.6 is 11.3 Å². The quantitative estimate of drug-likeness (QED) is 0.518. The molecule has 0 saturated carbocycles. The zero-order valence-corrected chi connectivity index (χ0v) is 20.8. The summed E-state index contributed by atoms with van der Waals surface area (Å²) in [7, 11) is -3.33. The van der Waals surface area contributed by atoms with Crippen LogP contribution in [0.3, 0.4) is 0 Å². The van der Waals surface area contributed by atoms with E-state index in [0.29, 0.717) is 37.8 Å². The van der Waals surface area contributed by atoms with Crippen LogP contribution in [0, 0.1) is 0 Å². The topological polar surface area (TPSA) is 109 Å². The van der Waals surface area contributed by atoms with Gasteiger partial charge in [0, 0.05) is 37.1 Å². The summed E-state index contributed by atoms with van der Waals surface area (Å²) in [5.41, 5.74) is 0. The van der Waals surface area contributed by atoms with Crippen molar-refractivity contribution in [3.63, 3.8) is 0 Å².